The van der Waals surface area contributed by atoms with Gasteiger partial charge in [-0.2, -0.15) is 4.98 Å². The van der Waals surface area contributed by atoms with E-state index in [1.807, 2.05) is 43.3 Å². The van der Waals surface area contributed by atoms with E-state index in [1.165, 1.54) is 0 Å². The molecule has 4 nitrogen and oxygen atoms in total. The minimum absolute atomic E-state index is 0.715. The maximum atomic E-state index is 4.56. The maximum absolute atomic E-state index is 4.56. The summed E-state index contributed by atoms with van der Waals surface area (Å²) in [7, 11) is 3.89. The first-order valence-corrected chi connectivity index (χ1v) is 6.06. The molecule has 0 atom stereocenters. The summed E-state index contributed by atoms with van der Waals surface area (Å²) in [4.78, 5) is 10.9. The Hall–Kier alpha value is -2.10. The van der Waals surface area contributed by atoms with Crippen molar-refractivity contribution in [2.24, 2.45) is 0 Å². The van der Waals surface area contributed by atoms with Gasteiger partial charge in [0.2, 0.25) is 5.95 Å². The number of hydrogen-bond donors (Lipinski definition) is 1. The van der Waals surface area contributed by atoms with Crippen molar-refractivity contribution in [2.45, 2.75) is 6.92 Å². The summed E-state index contributed by atoms with van der Waals surface area (Å²) >= 11 is 0. The van der Waals surface area contributed by atoms with Crippen LogP contribution in [0.5, 0.6) is 0 Å². The van der Waals surface area contributed by atoms with Crippen molar-refractivity contribution >= 4 is 11.8 Å². The van der Waals surface area contributed by atoms with Crippen LogP contribution in [0.3, 0.4) is 0 Å². The molecule has 0 spiro atoms. The zero-order valence-corrected chi connectivity index (χ0v) is 11.0. The predicted molar refractivity (Wildman–Crippen MR) is 76.0 cm³/mol. The van der Waals surface area contributed by atoms with Gasteiger partial charge in [-0.05, 0) is 6.92 Å². The van der Waals surface area contributed by atoms with Gasteiger partial charge in [0.15, 0.2) is 0 Å². The van der Waals surface area contributed by atoms with E-state index in [9.17, 15) is 0 Å². The van der Waals surface area contributed by atoms with Crippen molar-refractivity contribution in [3.8, 4) is 11.3 Å². The summed E-state index contributed by atoms with van der Waals surface area (Å²) in [5.41, 5.74) is 2.03. The van der Waals surface area contributed by atoms with Crippen molar-refractivity contribution < 1.29 is 0 Å². The summed E-state index contributed by atoms with van der Waals surface area (Å²) < 4.78 is 0. The van der Waals surface area contributed by atoms with Crippen molar-refractivity contribution in [1.82, 2.24) is 9.97 Å². The number of anilines is 2. The van der Waals surface area contributed by atoms with Crippen molar-refractivity contribution in [3.63, 3.8) is 0 Å². The van der Waals surface area contributed by atoms with Gasteiger partial charge in [0.1, 0.15) is 5.82 Å². The molecule has 2 rings (SSSR count). The Morgan fingerprint density at radius 2 is 1.83 bits per heavy atom. The molecule has 0 aliphatic carbocycles. The number of aromatic nitrogens is 2. The summed E-state index contributed by atoms with van der Waals surface area (Å²) in [6, 6.07) is 12.1. The number of nitrogens with one attached hydrogen (secondary N) is 1. The molecule has 0 fully saturated rings. The van der Waals surface area contributed by atoms with Crippen LogP contribution in [0.1, 0.15) is 6.92 Å². The third-order valence-electron chi connectivity index (χ3n) is 2.54. The second-order valence-electron chi connectivity index (χ2n) is 4.23. The average molecular weight is 242 g/mol. The Morgan fingerprint density at radius 3 is 2.44 bits per heavy atom. The Balaban J connectivity index is 2.46. The van der Waals surface area contributed by atoms with E-state index in [2.05, 4.69) is 34.3 Å². The Kier molecular flexibility index (Phi) is 3.77. The third-order valence-corrected chi connectivity index (χ3v) is 2.54. The fraction of sp³-hybridized carbons (Fsp3) is 0.286. The summed E-state index contributed by atoms with van der Waals surface area (Å²) in [6.07, 6.45) is 0. The normalized spacial score (nSPS) is 10.2. The second kappa shape index (κ2) is 5.49. The molecule has 0 aliphatic heterocycles. The van der Waals surface area contributed by atoms with Crippen LogP contribution in [-0.4, -0.2) is 30.6 Å². The molecule has 0 aliphatic rings. The third kappa shape index (κ3) is 2.77. The fourth-order valence-electron chi connectivity index (χ4n) is 1.66. The molecular formula is C14H18N4. The van der Waals surface area contributed by atoms with E-state index in [-0.39, 0.29) is 0 Å². The molecule has 0 unspecified atom stereocenters. The lowest BCUT2D eigenvalue weighted by Crippen LogP contribution is -2.14. The van der Waals surface area contributed by atoms with Gasteiger partial charge in [0, 0.05) is 32.3 Å². The molecule has 94 valence electrons. The van der Waals surface area contributed by atoms with Crippen molar-refractivity contribution in [1.29, 1.82) is 0 Å². The Morgan fingerprint density at radius 1 is 1.11 bits per heavy atom. The van der Waals surface area contributed by atoms with Gasteiger partial charge in [0.25, 0.3) is 0 Å². The van der Waals surface area contributed by atoms with Crippen LogP contribution in [0, 0.1) is 0 Å². The highest BCUT2D eigenvalue weighted by Crippen LogP contribution is 2.21. The molecule has 1 aromatic heterocycles. The highest BCUT2D eigenvalue weighted by molar-refractivity contribution is 5.64. The molecule has 1 N–H and O–H groups in total. The highest BCUT2D eigenvalue weighted by atomic mass is 15.2. The molecule has 0 amide bonds. The topological polar surface area (TPSA) is 41.1 Å². The van der Waals surface area contributed by atoms with E-state index in [1.54, 1.807) is 0 Å². The lowest BCUT2D eigenvalue weighted by Gasteiger charge is -2.14. The standard InChI is InChI=1S/C14H18N4/c1-4-15-13-10-12(11-8-6-5-7-9-11)16-14(17-13)18(2)3/h5-10H,4H2,1-3H3,(H,15,16,17). The molecule has 4 heteroatoms. The van der Waals surface area contributed by atoms with Gasteiger partial charge in [-0.3, -0.25) is 0 Å². The largest absolute Gasteiger partial charge is 0.370 e. The van der Waals surface area contributed by atoms with Crippen LogP contribution in [-0.2, 0) is 0 Å². The molecule has 1 aromatic carbocycles. The summed E-state index contributed by atoms with van der Waals surface area (Å²) in [6.45, 7) is 2.90. The van der Waals surface area contributed by atoms with Gasteiger partial charge in [-0.25, -0.2) is 4.98 Å². The molecule has 2 aromatic rings. The molecular weight excluding hydrogens is 224 g/mol. The van der Waals surface area contributed by atoms with Crippen LogP contribution < -0.4 is 10.2 Å². The first-order chi connectivity index (χ1) is 8.70. The second-order valence-corrected chi connectivity index (χ2v) is 4.23. The highest BCUT2D eigenvalue weighted by Gasteiger charge is 2.07. The lowest BCUT2D eigenvalue weighted by molar-refractivity contribution is 0.995. The molecule has 0 radical (unpaired) electrons. The predicted octanol–water partition coefficient (Wildman–Crippen LogP) is 2.64. The number of benzene rings is 1. The Bertz CT molecular complexity index is 508. The first kappa shape index (κ1) is 12.4. The SMILES string of the molecule is CCNc1cc(-c2ccccc2)nc(N(C)C)n1. The average Bonchev–Trinajstić information content (AvgIpc) is 2.40. The number of rotatable bonds is 4. The number of nitrogens with zero attached hydrogens (tertiary/aromatic N) is 3. The summed E-state index contributed by atoms with van der Waals surface area (Å²) in [5.74, 6) is 1.57. The molecule has 0 bridgehead atoms. The van der Waals surface area contributed by atoms with Gasteiger partial charge in [0.05, 0.1) is 5.69 Å². The summed E-state index contributed by atoms with van der Waals surface area (Å²) in [5, 5.41) is 3.24. The van der Waals surface area contributed by atoms with E-state index in [0.29, 0.717) is 5.95 Å². The number of hydrogen-bond acceptors (Lipinski definition) is 4. The van der Waals surface area contributed by atoms with Crippen LogP contribution in [0.25, 0.3) is 11.3 Å². The van der Waals surface area contributed by atoms with Crippen LogP contribution in [0.2, 0.25) is 0 Å². The van der Waals surface area contributed by atoms with Gasteiger partial charge in [-0.15, -0.1) is 0 Å². The van der Waals surface area contributed by atoms with Crippen LogP contribution in [0.4, 0.5) is 11.8 Å². The molecule has 1 heterocycles. The monoisotopic (exact) mass is 242 g/mol. The fourth-order valence-corrected chi connectivity index (χ4v) is 1.66. The minimum atomic E-state index is 0.715. The molecule has 0 saturated carbocycles. The van der Waals surface area contributed by atoms with E-state index < -0.39 is 0 Å². The molecule has 0 saturated heterocycles. The van der Waals surface area contributed by atoms with Crippen LogP contribution in [0.15, 0.2) is 36.4 Å². The zero-order valence-electron chi connectivity index (χ0n) is 11.0. The minimum Gasteiger partial charge on any atom is -0.370 e. The van der Waals surface area contributed by atoms with Gasteiger partial charge < -0.3 is 10.2 Å². The van der Waals surface area contributed by atoms with Crippen molar-refractivity contribution in [2.75, 3.05) is 30.9 Å². The zero-order chi connectivity index (χ0) is 13.0. The van der Waals surface area contributed by atoms with Crippen molar-refractivity contribution in [3.05, 3.63) is 36.4 Å². The smallest absolute Gasteiger partial charge is 0.227 e. The first-order valence-electron chi connectivity index (χ1n) is 6.06. The Labute approximate surface area is 108 Å². The molecule has 18 heavy (non-hydrogen) atoms. The maximum Gasteiger partial charge on any atom is 0.227 e. The van der Waals surface area contributed by atoms with E-state index in [4.69, 9.17) is 0 Å². The van der Waals surface area contributed by atoms with Gasteiger partial charge in [-0.1, -0.05) is 30.3 Å². The van der Waals surface area contributed by atoms with Crippen LogP contribution >= 0.6 is 0 Å². The van der Waals surface area contributed by atoms with E-state index >= 15 is 0 Å². The van der Waals surface area contributed by atoms with E-state index in [0.717, 1.165) is 23.6 Å². The lowest BCUT2D eigenvalue weighted by atomic mass is 10.1. The quantitative estimate of drug-likeness (QED) is 0.895. The van der Waals surface area contributed by atoms with Gasteiger partial charge >= 0.3 is 0 Å².